The van der Waals surface area contributed by atoms with Crippen molar-refractivity contribution in [2.45, 2.75) is 51.1 Å². The second-order valence-electron chi connectivity index (χ2n) is 8.08. The lowest BCUT2D eigenvalue weighted by atomic mass is 10.2. The predicted molar refractivity (Wildman–Crippen MR) is 101 cm³/mol. The van der Waals surface area contributed by atoms with Gasteiger partial charge in [0.2, 0.25) is 5.89 Å². The molecule has 144 valence electrons. The van der Waals surface area contributed by atoms with Crippen LogP contribution in [0.3, 0.4) is 0 Å². The van der Waals surface area contributed by atoms with Crippen LogP contribution in [0.4, 0.5) is 0 Å². The van der Waals surface area contributed by atoms with E-state index in [9.17, 15) is 4.79 Å². The highest BCUT2D eigenvalue weighted by Gasteiger charge is 2.28. The highest BCUT2D eigenvalue weighted by atomic mass is 16.4. The van der Waals surface area contributed by atoms with Crippen LogP contribution in [0.5, 0.6) is 0 Å². The molecule has 0 bridgehead atoms. The largest absolute Gasteiger partial charge is 0.444 e. The fraction of sp³-hybridized carbons (Fsp3) is 0.650. The Kier molecular flexibility index (Phi) is 4.57. The van der Waals surface area contributed by atoms with Crippen LogP contribution in [0.25, 0.3) is 0 Å². The number of oxazole rings is 1. The maximum atomic E-state index is 12.2. The van der Waals surface area contributed by atoms with Gasteiger partial charge in [-0.25, -0.2) is 9.67 Å². The highest BCUT2D eigenvalue weighted by molar-refractivity contribution is 5.22. The molecule has 7 nitrogen and oxygen atoms in total. The summed E-state index contributed by atoms with van der Waals surface area (Å²) in [7, 11) is 0. The van der Waals surface area contributed by atoms with Crippen LogP contribution in [0.2, 0.25) is 0 Å². The van der Waals surface area contributed by atoms with Crippen molar-refractivity contribution in [1.82, 2.24) is 24.6 Å². The maximum Gasteiger partial charge on any atom is 0.267 e. The Balaban J connectivity index is 1.10. The Hall–Kier alpha value is -1.99. The van der Waals surface area contributed by atoms with Gasteiger partial charge in [-0.15, -0.1) is 0 Å². The summed E-state index contributed by atoms with van der Waals surface area (Å²) in [5.41, 5.74) is 2.32. The lowest BCUT2D eigenvalue weighted by molar-refractivity contribution is 0.115. The first-order valence-electron chi connectivity index (χ1n) is 10.2. The molecule has 2 aromatic rings. The molecule has 1 aliphatic heterocycles. The van der Waals surface area contributed by atoms with E-state index in [1.54, 1.807) is 10.7 Å². The van der Waals surface area contributed by atoms with E-state index < -0.39 is 0 Å². The number of piperazine rings is 1. The third-order valence-electron chi connectivity index (χ3n) is 6.03. The van der Waals surface area contributed by atoms with Crippen LogP contribution >= 0.6 is 0 Å². The molecule has 0 aromatic carbocycles. The van der Waals surface area contributed by atoms with Crippen molar-refractivity contribution < 1.29 is 4.42 Å². The zero-order chi connectivity index (χ0) is 18.2. The van der Waals surface area contributed by atoms with E-state index in [0.717, 1.165) is 81.4 Å². The number of aromatic nitrogens is 3. The van der Waals surface area contributed by atoms with Gasteiger partial charge in [-0.1, -0.05) is 0 Å². The molecule has 1 saturated heterocycles. The molecule has 3 heterocycles. The molecule has 7 heteroatoms. The lowest BCUT2D eigenvalue weighted by Crippen LogP contribution is -2.47. The quantitative estimate of drug-likeness (QED) is 0.767. The molecule has 5 rings (SSSR count). The summed E-state index contributed by atoms with van der Waals surface area (Å²) >= 11 is 0. The average Bonchev–Trinajstić information content (AvgIpc) is 3.26. The molecule has 1 saturated carbocycles. The van der Waals surface area contributed by atoms with E-state index in [-0.39, 0.29) is 5.56 Å². The SMILES string of the molecule is O=c1cc2c(nn1CCN1CCN(Cc3ncc(C4CC4)o3)CC1)CCC2. The zero-order valence-electron chi connectivity index (χ0n) is 15.8. The minimum Gasteiger partial charge on any atom is -0.444 e. The molecule has 2 fully saturated rings. The Morgan fingerprint density at radius 2 is 1.89 bits per heavy atom. The van der Waals surface area contributed by atoms with Crippen LogP contribution in [0, 0.1) is 0 Å². The van der Waals surface area contributed by atoms with Crippen molar-refractivity contribution in [3.8, 4) is 0 Å². The van der Waals surface area contributed by atoms with Crippen molar-refractivity contribution in [2.75, 3.05) is 32.7 Å². The Bertz CT molecular complexity index is 861. The second kappa shape index (κ2) is 7.20. The number of aryl methyl sites for hydroxylation is 2. The molecule has 2 aliphatic carbocycles. The van der Waals surface area contributed by atoms with Gasteiger partial charge < -0.3 is 4.42 Å². The van der Waals surface area contributed by atoms with E-state index in [4.69, 9.17) is 4.42 Å². The zero-order valence-corrected chi connectivity index (χ0v) is 15.8. The Morgan fingerprint density at radius 3 is 2.70 bits per heavy atom. The predicted octanol–water partition coefficient (Wildman–Crippen LogP) is 1.42. The molecule has 27 heavy (non-hydrogen) atoms. The summed E-state index contributed by atoms with van der Waals surface area (Å²) in [5.74, 6) is 2.54. The van der Waals surface area contributed by atoms with E-state index >= 15 is 0 Å². The third-order valence-corrected chi connectivity index (χ3v) is 6.03. The lowest BCUT2D eigenvalue weighted by Gasteiger charge is -2.33. The molecule has 2 aromatic heterocycles. The standard InChI is InChI=1S/C20H27N5O2/c26-20-12-16-2-1-3-17(16)22-25(20)11-10-23-6-8-24(9-7-23)14-19-21-13-18(27-19)15-4-5-15/h12-13,15H,1-11,14H2. The molecule has 0 radical (unpaired) electrons. The Morgan fingerprint density at radius 1 is 1.07 bits per heavy atom. The maximum absolute atomic E-state index is 12.2. The summed E-state index contributed by atoms with van der Waals surface area (Å²) in [4.78, 5) is 21.5. The summed E-state index contributed by atoms with van der Waals surface area (Å²) in [5, 5.41) is 4.58. The van der Waals surface area contributed by atoms with Crippen LogP contribution in [-0.4, -0.2) is 57.3 Å². The summed E-state index contributed by atoms with van der Waals surface area (Å²) in [6.45, 7) is 6.39. The normalized spacial score (nSPS) is 20.9. The first-order valence-corrected chi connectivity index (χ1v) is 10.2. The first-order chi connectivity index (χ1) is 13.2. The fourth-order valence-electron chi connectivity index (χ4n) is 4.15. The smallest absolute Gasteiger partial charge is 0.267 e. The van der Waals surface area contributed by atoms with Gasteiger partial charge in [-0.05, 0) is 37.7 Å². The summed E-state index contributed by atoms with van der Waals surface area (Å²) in [6, 6.07) is 1.79. The number of hydrogen-bond donors (Lipinski definition) is 0. The average molecular weight is 369 g/mol. The van der Waals surface area contributed by atoms with Gasteiger partial charge in [-0.2, -0.15) is 5.10 Å². The van der Waals surface area contributed by atoms with Gasteiger partial charge in [0.05, 0.1) is 25.0 Å². The van der Waals surface area contributed by atoms with Gasteiger partial charge >= 0.3 is 0 Å². The van der Waals surface area contributed by atoms with Crippen LogP contribution in [0.1, 0.15) is 48.1 Å². The van der Waals surface area contributed by atoms with Crippen LogP contribution < -0.4 is 5.56 Å². The molecule has 0 atom stereocenters. The summed E-state index contributed by atoms with van der Waals surface area (Å²) < 4.78 is 7.53. The van der Waals surface area contributed by atoms with Gasteiger partial charge in [0.25, 0.3) is 5.56 Å². The topological polar surface area (TPSA) is 67.4 Å². The second-order valence-corrected chi connectivity index (χ2v) is 8.08. The van der Waals surface area contributed by atoms with Gasteiger partial charge in [-0.3, -0.25) is 14.6 Å². The van der Waals surface area contributed by atoms with Crippen molar-refractivity contribution in [1.29, 1.82) is 0 Å². The van der Waals surface area contributed by atoms with Gasteiger partial charge in [0.1, 0.15) is 5.76 Å². The van der Waals surface area contributed by atoms with Crippen molar-refractivity contribution in [2.24, 2.45) is 0 Å². The number of hydrogen-bond acceptors (Lipinski definition) is 6. The minimum atomic E-state index is 0.0460. The molecular weight excluding hydrogens is 342 g/mol. The molecule has 3 aliphatic rings. The molecule has 0 unspecified atom stereocenters. The summed E-state index contributed by atoms with van der Waals surface area (Å²) in [6.07, 6.45) is 7.54. The van der Waals surface area contributed by atoms with Crippen molar-refractivity contribution >= 4 is 0 Å². The molecule has 0 spiro atoms. The number of nitrogens with zero attached hydrogens (tertiary/aromatic N) is 5. The van der Waals surface area contributed by atoms with Crippen molar-refractivity contribution in [3.63, 3.8) is 0 Å². The minimum absolute atomic E-state index is 0.0460. The van der Waals surface area contributed by atoms with E-state index in [1.165, 1.54) is 12.8 Å². The number of fused-ring (bicyclic) bond motifs is 1. The van der Waals surface area contributed by atoms with E-state index in [0.29, 0.717) is 12.5 Å². The van der Waals surface area contributed by atoms with Gasteiger partial charge in [0, 0.05) is 44.7 Å². The van der Waals surface area contributed by atoms with E-state index in [2.05, 4.69) is 19.9 Å². The van der Waals surface area contributed by atoms with Gasteiger partial charge in [0.15, 0.2) is 0 Å². The number of rotatable bonds is 6. The Labute approximate surface area is 159 Å². The molecule has 0 N–H and O–H groups in total. The fourth-order valence-corrected chi connectivity index (χ4v) is 4.15. The first kappa shape index (κ1) is 17.1. The molecule has 0 amide bonds. The van der Waals surface area contributed by atoms with Crippen LogP contribution in [-0.2, 0) is 25.9 Å². The van der Waals surface area contributed by atoms with E-state index in [1.807, 2.05) is 6.20 Å². The third kappa shape index (κ3) is 3.84. The van der Waals surface area contributed by atoms with Crippen molar-refractivity contribution in [3.05, 3.63) is 45.5 Å². The monoisotopic (exact) mass is 369 g/mol. The molecular formula is C20H27N5O2. The highest BCUT2D eigenvalue weighted by Crippen LogP contribution is 2.40. The van der Waals surface area contributed by atoms with Crippen LogP contribution in [0.15, 0.2) is 21.5 Å².